The van der Waals surface area contributed by atoms with Gasteiger partial charge in [-0.3, -0.25) is 4.39 Å². The van der Waals surface area contributed by atoms with Crippen LogP contribution in [0.15, 0.2) is 30.3 Å². The van der Waals surface area contributed by atoms with Crippen LogP contribution in [0.3, 0.4) is 0 Å². The number of fused-ring (bicyclic) bond motifs is 2. The van der Waals surface area contributed by atoms with E-state index < -0.39 is 0 Å². The standard InChI is InChI=1S/C7H8O.C6H10N2O.CH3F/c8-6-7-4-2-1-3-5-7;9-6-7-5-2-1-3-8(6)4-5;1-2/h1-5,8H,6H2;5H,1-4H2,(H,7,9);1H3. The van der Waals surface area contributed by atoms with E-state index in [1.807, 2.05) is 35.2 Å². The maximum absolute atomic E-state index is 10.9. The summed E-state index contributed by atoms with van der Waals surface area (Å²) in [5, 5.41) is 11.4. The Morgan fingerprint density at radius 3 is 2.53 bits per heavy atom. The number of carbonyl (C=O) groups is 1. The molecule has 2 bridgehead atoms. The maximum Gasteiger partial charge on any atom is 0.317 e. The molecular formula is C14H21FN2O2. The van der Waals surface area contributed by atoms with Crippen LogP contribution >= 0.6 is 0 Å². The molecule has 2 heterocycles. The molecule has 1 aromatic rings. The van der Waals surface area contributed by atoms with Gasteiger partial charge in [0.2, 0.25) is 0 Å². The number of hydrogen-bond donors (Lipinski definition) is 2. The van der Waals surface area contributed by atoms with Crippen LogP contribution in [0.2, 0.25) is 0 Å². The predicted molar refractivity (Wildman–Crippen MR) is 72.5 cm³/mol. The van der Waals surface area contributed by atoms with E-state index in [1.54, 1.807) is 0 Å². The number of carbonyl (C=O) groups excluding carboxylic acids is 1. The molecular weight excluding hydrogens is 247 g/mol. The van der Waals surface area contributed by atoms with Gasteiger partial charge in [-0.25, -0.2) is 4.79 Å². The van der Waals surface area contributed by atoms with Crippen molar-refractivity contribution in [2.24, 2.45) is 0 Å². The molecule has 1 atom stereocenters. The van der Waals surface area contributed by atoms with Crippen molar-refractivity contribution < 1.29 is 14.3 Å². The number of piperidine rings is 1. The second-order valence-electron chi connectivity index (χ2n) is 4.38. The minimum atomic E-state index is 0.137. The lowest BCUT2D eigenvalue weighted by Gasteiger charge is -2.18. The minimum absolute atomic E-state index is 0.137. The monoisotopic (exact) mass is 268 g/mol. The Labute approximate surface area is 113 Å². The number of hydrogen-bond acceptors (Lipinski definition) is 2. The lowest BCUT2D eigenvalue weighted by Crippen LogP contribution is -2.30. The number of nitrogens with one attached hydrogen (secondary N) is 1. The van der Waals surface area contributed by atoms with Gasteiger partial charge in [-0.05, 0) is 18.4 Å². The highest BCUT2D eigenvalue weighted by molar-refractivity contribution is 5.77. The molecule has 2 saturated heterocycles. The predicted octanol–water partition coefficient (Wildman–Crippen LogP) is 1.94. The summed E-state index contributed by atoms with van der Waals surface area (Å²) in [6, 6.07) is 10.1. The summed E-state index contributed by atoms with van der Waals surface area (Å²) < 4.78 is 9.50. The number of amides is 2. The summed E-state index contributed by atoms with van der Waals surface area (Å²) in [5.74, 6) is 0. The molecule has 0 radical (unpaired) electrons. The Kier molecular flexibility index (Phi) is 6.89. The molecule has 0 aromatic heterocycles. The third-order valence-electron chi connectivity index (χ3n) is 3.06. The van der Waals surface area contributed by atoms with Gasteiger partial charge in [-0.1, -0.05) is 30.3 Å². The van der Waals surface area contributed by atoms with E-state index in [-0.39, 0.29) is 12.6 Å². The van der Waals surface area contributed by atoms with Crippen molar-refractivity contribution in [3.63, 3.8) is 0 Å². The zero-order chi connectivity index (χ0) is 14.1. The zero-order valence-electron chi connectivity index (χ0n) is 11.2. The Bertz CT molecular complexity index is 373. The Hall–Kier alpha value is -1.62. The largest absolute Gasteiger partial charge is 0.392 e. The first-order valence-corrected chi connectivity index (χ1v) is 6.37. The number of rotatable bonds is 1. The molecule has 19 heavy (non-hydrogen) atoms. The molecule has 4 nitrogen and oxygen atoms in total. The summed E-state index contributed by atoms with van der Waals surface area (Å²) in [5.41, 5.74) is 0.965. The third kappa shape index (κ3) is 4.87. The molecule has 3 rings (SSSR count). The van der Waals surface area contributed by atoms with Crippen molar-refractivity contribution in [3.8, 4) is 0 Å². The molecule has 2 N–H and O–H groups in total. The molecule has 106 valence electrons. The summed E-state index contributed by atoms with van der Waals surface area (Å²) >= 11 is 0. The van der Waals surface area contributed by atoms with Crippen LogP contribution in [0.5, 0.6) is 0 Å². The summed E-state index contributed by atoms with van der Waals surface area (Å²) in [7, 11) is 0.500. The van der Waals surface area contributed by atoms with E-state index in [4.69, 9.17) is 5.11 Å². The average molecular weight is 268 g/mol. The van der Waals surface area contributed by atoms with Gasteiger partial charge in [0, 0.05) is 19.1 Å². The Morgan fingerprint density at radius 1 is 1.37 bits per heavy atom. The lowest BCUT2D eigenvalue weighted by atomic mass is 10.1. The van der Waals surface area contributed by atoms with Crippen molar-refractivity contribution in [3.05, 3.63) is 35.9 Å². The molecule has 0 aliphatic carbocycles. The summed E-state index contributed by atoms with van der Waals surface area (Å²) in [4.78, 5) is 12.8. The molecule has 2 aliphatic heterocycles. The normalized spacial score (nSPS) is 19.6. The number of urea groups is 1. The van der Waals surface area contributed by atoms with Crippen LogP contribution in [-0.4, -0.2) is 42.3 Å². The highest BCUT2D eigenvalue weighted by Crippen LogP contribution is 2.15. The first-order chi connectivity index (χ1) is 9.29. The van der Waals surface area contributed by atoms with E-state index >= 15 is 0 Å². The van der Waals surface area contributed by atoms with Gasteiger partial charge < -0.3 is 15.3 Å². The van der Waals surface area contributed by atoms with Gasteiger partial charge in [-0.2, -0.15) is 0 Å². The van der Waals surface area contributed by atoms with E-state index in [2.05, 4.69) is 5.32 Å². The molecule has 2 aliphatic rings. The van der Waals surface area contributed by atoms with Crippen molar-refractivity contribution in [1.82, 2.24) is 10.2 Å². The van der Waals surface area contributed by atoms with Crippen LogP contribution in [0.1, 0.15) is 18.4 Å². The van der Waals surface area contributed by atoms with Crippen molar-refractivity contribution in [2.75, 3.05) is 20.3 Å². The van der Waals surface area contributed by atoms with E-state index in [1.165, 1.54) is 12.8 Å². The molecule has 5 heteroatoms. The smallest absolute Gasteiger partial charge is 0.317 e. The number of aliphatic hydroxyl groups is 1. The third-order valence-corrected chi connectivity index (χ3v) is 3.06. The minimum Gasteiger partial charge on any atom is -0.392 e. The first kappa shape index (κ1) is 15.4. The van der Waals surface area contributed by atoms with Gasteiger partial charge in [0.05, 0.1) is 13.8 Å². The number of halogens is 1. The summed E-state index contributed by atoms with van der Waals surface area (Å²) in [6.45, 7) is 2.04. The van der Waals surface area contributed by atoms with E-state index in [9.17, 15) is 9.18 Å². The van der Waals surface area contributed by atoms with Gasteiger partial charge in [0.1, 0.15) is 0 Å². The van der Waals surface area contributed by atoms with Crippen molar-refractivity contribution in [2.45, 2.75) is 25.5 Å². The second-order valence-corrected chi connectivity index (χ2v) is 4.38. The zero-order valence-corrected chi connectivity index (χ0v) is 11.2. The number of alkyl halides is 1. The van der Waals surface area contributed by atoms with Crippen LogP contribution in [0.4, 0.5) is 9.18 Å². The fourth-order valence-electron chi connectivity index (χ4n) is 2.13. The quantitative estimate of drug-likeness (QED) is 0.818. The van der Waals surface area contributed by atoms with Crippen LogP contribution in [0, 0.1) is 0 Å². The van der Waals surface area contributed by atoms with Gasteiger partial charge in [-0.15, -0.1) is 0 Å². The molecule has 0 saturated carbocycles. The summed E-state index contributed by atoms with van der Waals surface area (Å²) in [6.07, 6.45) is 2.34. The fraction of sp³-hybridized carbons (Fsp3) is 0.500. The van der Waals surface area contributed by atoms with Crippen molar-refractivity contribution >= 4 is 6.03 Å². The molecule has 2 fully saturated rings. The second kappa shape index (κ2) is 8.48. The number of aliphatic hydroxyl groups excluding tert-OH is 1. The van der Waals surface area contributed by atoms with Gasteiger partial charge in [0.25, 0.3) is 0 Å². The molecule has 2 amide bonds. The number of nitrogens with zero attached hydrogens (tertiary/aromatic N) is 1. The van der Waals surface area contributed by atoms with Crippen molar-refractivity contribution in [1.29, 1.82) is 0 Å². The first-order valence-electron chi connectivity index (χ1n) is 6.37. The van der Waals surface area contributed by atoms with Gasteiger partial charge in [0.15, 0.2) is 0 Å². The van der Waals surface area contributed by atoms with Crippen LogP contribution in [0.25, 0.3) is 0 Å². The lowest BCUT2D eigenvalue weighted by molar-refractivity contribution is 0.215. The number of benzene rings is 1. The van der Waals surface area contributed by atoms with Crippen LogP contribution in [-0.2, 0) is 6.61 Å². The maximum atomic E-state index is 10.9. The molecule has 1 unspecified atom stereocenters. The highest BCUT2D eigenvalue weighted by atomic mass is 19.1. The van der Waals surface area contributed by atoms with E-state index in [0.717, 1.165) is 18.7 Å². The van der Waals surface area contributed by atoms with E-state index in [0.29, 0.717) is 13.2 Å². The molecule has 1 aromatic carbocycles. The Balaban J connectivity index is 0.000000170. The molecule has 0 spiro atoms. The SMILES string of the molecule is CF.O=C1NC2CCCN1C2.OCc1ccccc1. The van der Waals surface area contributed by atoms with Gasteiger partial charge >= 0.3 is 6.03 Å². The van der Waals surface area contributed by atoms with Crippen LogP contribution < -0.4 is 5.32 Å². The fourth-order valence-corrected chi connectivity index (χ4v) is 2.13. The topological polar surface area (TPSA) is 52.6 Å². The average Bonchev–Trinajstić information content (AvgIpc) is 2.75. The highest BCUT2D eigenvalue weighted by Gasteiger charge is 2.31. The Morgan fingerprint density at radius 2 is 2.05 bits per heavy atom.